The van der Waals surface area contributed by atoms with Crippen molar-refractivity contribution in [2.24, 2.45) is 11.0 Å². The van der Waals surface area contributed by atoms with Gasteiger partial charge in [0.15, 0.2) is 16.5 Å². The van der Waals surface area contributed by atoms with Crippen LogP contribution in [0.3, 0.4) is 0 Å². The largest absolute Gasteiger partial charge is 0.477 e. The van der Waals surface area contributed by atoms with Gasteiger partial charge in [-0.05, 0) is 32.4 Å². The molecule has 3 aromatic rings. The third kappa shape index (κ3) is 6.51. The summed E-state index contributed by atoms with van der Waals surface area (Å²) in [5, 5.41) is 22.8. The number of nitrogens with one attached hydrogen (secondary N) is 2. The molecule has 20 heteroatoms. The van der Waals surface area contributed by atoms with Gasteiger partial charge in [0.05, 0.1) is 18.0 Å². The first-order valence-electron chi connectivity index (χ1n) is 13.5. The number of carboxylic acids is 1. The summed E-state index contributed by atoms with van der Waals surface area (Å²) in [4.78, 5) is 66.4. The van der Waals surface area contributed by atoms with Gasteiger partial charge < -0.3 is 25.7 Å². The second-order valence-corrected chi connectivity index (χ2v) is 13.6. The minimum absolute atomic E-state index is 0.0561. The Labute approximate surface area is 274 Å². The first kappa shape index (κ1) is 33.1. The Bertz CT molecular complexity index is 1790. The van der Waals surface area contributed by atoms with Crippen LogP contribution in [0.5, 0.6) is 0 Å². The van der Waals surface area contributed by atoms with Crippen molar-refractivity contribution in [2.75, 3.05) is 24.3 Å². The molecule has 5 heterocycles. The number of β-lactam (4-membered cyclic amide) rings is 1. The minimum atomic E-state index is -1.55. The highest BCUT2D eigenvalue weighted by molar-refractivity contribution is 8.01. The minimum Gasteiger partial charge on any atom is -0.477 e. The normalized spacial score (nSPS) is 18.3. The lowest BCUT2D eigenvalue weighted by molar-refractivity contribution is -0.150. The quantitative estimate of drug-likeness (QED) is 0.0325. The topological polar surface area (TPSA) is 242 Å². The number of anilines is 1. The highest BCUT2D eigenvalue weighted by Gasteiger charge is 2.54. The summed E-state index contributed by atoms with van der Waals surface area (Å²) in [5.41, 5.74) is 8.36. The van der Waals surface area contributed by atoms with Crippen LogP contribution in [-0.2, 0) is 35.4 Å². The zero-order valence-corrected chi connectivity index (χ0v) is 27.4. The summed E-state index contributed by atoms with van der Waals surface area (Å²) >= 11 is 3.73. The van der Waals surface area contributed by atoms with E-state index in [1.54, 1.807) is 11.6 Å². The third-order valence-electron chi connectivity index (χ3n) is 6.82. The molecule has 17 nitrogen and oxygen atoms in total. The van der Waals surface area contributed by atoms with E-state index in [4.69, 9.17) is 21.2 Å². The number of aryl methyl sites for hydroxylation is 1. The number of methoxy groups -OCH3 is 1. The lowest BCUT2D eigenvalue weighted by atomic mass is 10.0. The number of hydrogen-bond acceptors (Lipinski definition) is 15. The van der Waals surface area contributed by atoms with Crippen molar-refractivity contribution < 1.29 is 33.9 Å². The van der Waals surface area contributed by atoms with E-state index in [1.807, 2.05) is 24.5 Å². The average molecular weight is 691 g/mol. The molecule has 244 valence electrons. The molecule has 2 aliphatic heterocycles. The number of carbonyl (C=O) groups excluding carboxylic acids is 3. The SMILES string of the molecule is COCc1cc(SCC2=C(C(=O)O)N3C(=O)C(NC(=O)/C(=N\OC(C)(C)C(=O)NN)c4csc(N)n4)[C@H]3SC2)n2nc(C)cc2n1. The molecule has 3 amide bonds. The molecule has 2 aliphatic rings. The number of carboxylic acid groups (broad SMARTS) is 1. The van der Waals surface area contributed by atoms with Crippen LogP contribution in [0.15, 0.2) is 39.0 Å². The molecule has 0 aromatic carbocycles. The van der Waals surface area contributed by atoms with Gasteiger partial charge in [-0.1, -0.05) is 5.16 Å². The number of rotatable bonds is 12. The van der Waals surface area contributed by atoms with Crippen LogP contribution < -0.4 is 22.3 Å². The number of aromatic nitrogens is 4. The predicted octanol–water partition coefficient (Wildman–Crippen LogP) is 0.243. The number of fused-ring (bicyclic) bond motifs is 2. The first-order chi connectivity index (χ1) is 21.8. The summed E-state index contributed by atoms with van der Waals surface area (Å²) in [6.45, 7) is 4.91. The van der Waals surface area contributed by atoms with E-state index in [9.17, 15) is 24.3 Å². The number of amides is 3. The summed E-state index contributed by atoms with van der Waals surface area (Å²) in [5.74, 6) is 2.35. The van der Waals surface area contributed by atoms with Crippen LogP contribution in [0.25, 0.3) is 5.65 Å². The fraction of sp³-hybridized carbons (Fsp3) is 0.385. The van der Waals surface area contributed by atoms with E-state index in [0.29, 0.717) is 29.3 Å². The smallest absolute Gasteiger partial charge is 0.352 e. The number of thiazole rings is 1. The number of nitrogen functional groups attached to an aromatic ring is 1. The van der Waals surface area contributed by atoms with E-state index in [1.165, 1.54) is 47.7 Å². The van der Waals surface area contributed by atoms with Gasteiger partial charge in [-0.3, -0.25) is 24.7 Å². The number of thioether (sulfide) groups is 2. The summed E-state index contributed by atoms with van der Waals surface area (Å²) in [6, 6.07) is 2.60. The van der Waals surface area contributed by atoms with Crippen LogP contribution in [0, 0.1) is 6.92 Å². The van der Waals surface area contributed by atoms with Gasteiger partial charge >= 0.3 is 5.97 Å². The molecular weight excluding hydrogens is 661 g/mol. The van der Waals surface area contributed by atoms with Gasteiger partial charge in [-0.15, -0.1) is 34.9 Å². The Morgan fingerprint density at radius 3 is 2.70 bits per heavy atom. The maximum absolute atomic E-state index is 13.4. The van der Waals surface area contributed by atoms with Crippen molar-refractivity contribution >= 4 is 75.0 Å². The highest BCUT2D eigenvalue weighted by atomic mass is 32.2. The second kappa shape index (κ2) is 13.2. The molecule has 0 saturated carbocycles. The molecule has 1 fully saturated rings. The van der Waals surface area contributed by atoms with Gasteiger partial charge in [0, 0.05) is 30.1 Å². The molecule has 7 N–H and O–H groups in total. The number of hydrogen-bond donors (Lipinski definition) is 5. The van der Waals surface area contributed by atoms with Crippen LogP contribution in [0.1, 0.15) is 30.9 Å². The van der Waals surface area contributed by atoms with Crippen LogP contribution in [-0.4, -0.2) is 94.6 Å². The Morgan fingerprint density at radius 2 is 2.04 bits per heavy atom. The lowest BCUT2D eigenvalue weighted by Gasteiger charge is -2.49. The lowest BCUT2D eigenvalue weighted by Crippen LogP contribution is -2.71. The maximum atomic E-state index is 13.4. The second-order valence-electron chi connectivity index (χ2n) is 10.6. The van der Waals surface area contributed by atoms with Crippen molar-refractivity contribution in [1.82, 2.24) is 35.2 Å². The molecule has 5 rings (SSSR count). The fourth-order valence-corrected chi connectivity index (χ4v) is 7.64. The molecule has 1 unspecified atom stereocenters. The zero-order chi connectivity index (χ0) is 33.3. The number of hydrazine groups is 1. The number of nitrogens with two attached hydrogens (primary N) is 2. The van der Waals surface area contributed by atoms with E-state index >= 15 is 0 Å². The number of oxime groups is 1. The van der Waals surface area contributed by atoms with Crippen LogP contribution >= 0.6 is 34.9 Å². The van der Waals surface area contributed by atoms with E-state index in [2.05, 4.69) is 25.5 Å². The Balaban J connectivity index is 1.35. The highest BCUT2D eigenvalue weighted by Crippen LogP contribution is 2.41. The third-order valence-corrected chi connectivity index (χ3v) is 9.91. The fourth-order valence-electron chi connectivity index (χ4n) is 4.58. The molecule has 0 aliphatic carbocycles. The standard InChI is InChI=1S/C26H30N10O7S3/c1-11-5-15-29-13(7-42-4)6-16(36(15)33-11)44-8-12-9-45-22-18(21(38)35(22)19(12)23(39)40)31-20(37)17(14-10-46-25(27)30-14)34-43-26(2,3)24(41)32-28/h5-6,10,18,22H,7-9,28H2,1-4H3,(H2,27,30)(H,31,37)(H,32,41)(H,39,40)/b34-17-/t18?,22-/m1/s1. The Kier molecular flexibility index (Phi) is 9.54. The molecule has 3 aromatic heterocycles. The van der Waals surface area contributed by atoms with Crippen molar-refractivity contribution in [3.05, 3.63) is 45.9 Å². The number of nitrogens with zero attached hydrogens (tertiary/aromatic N) is 6. The molecule has 1 saturated heterocycles. The van der Waals surface area contributed by atoms with Crippen molar-refractivity contribution in [3.63, 3.8) is 0 Å². The molecule has 0 bridgehead atoms. The van der Waals surface area contributed by atoms with E-state index < -0.39 is 40.7 Å². The van der Waals surface area contributed by atoms with E-state index in [0.717, 1.165) is 22.1 Å². The van der Waals surface area contributed by atoms with Gasteiger partial charge in [-0.2, -0.15) is 5.10 Å². The van der Waals surface area contributed by atoms with Crippen molar-refractivity contribution in [3.8, 4) is 0 Å². The van der Waals surface area contributed by atoms with Crippen molar-refractivity contribution in [1.29, 1.82) is 0 Å². The molecular formula is C26H30N10O7S3. The Morgan fingerprint density at radius 1 is 1.28 bits per heavy atom. The van der Waals surface area contributed by atoms with E-state index in [-0.39, 0.29) is 28.0 Å². The molecule has 0 spiro atoms. The Hall–Kier alpha value is -4.24. The molecule has 0 radical (unpaired) electrons. The summed E-state index contributed by atoms with van der Waals surface area (Å²) < 4.78 is 6.92. The van der Waals surface area contributed by atoms with Gasteiger partial charge in [0.1, 0.15) is 27.8 Å². The number of aliphatic carboxylic acids is 1. The van der Waals surface area contributed by atoms with Gasteiger partial charge in [-0.25, -0.2) is 25.1 Å². The van der Waals surface area contributed by atoms with Crippen LogP contribution in [0.2, 0.25) is 0 Å². The molecule has 2 atom stereocenters. The predicted molar refractivity (Wildman–Crippen MR) is 169 cm³/mol. The first-order valence-corrected chi connectivity index (χ1v) is 16.4. The zero-order valence-electron chi connectivity index (χ0n) is 25.0. The van der Waals surface area contributed by atoms with Gasteiger partial charge in [0.2, 0.25) is 5.60 Å². The van der Waals surface area contributed by atoms with Gasteiger partial charge in [0.25, 0.3) is 17.7 Å². The maximum Gasteiger partial charge on any atom is 0.352 e. The number of ether oxygens (including phenoxy) is 1. The molecule has 46 heavy (non-hydrogen) atoms. The number of carbonyl (C=O) groups is 4. The average Bonchev–Trinajstić information content (AvgIpc) is 3.61. The monoisotopic (exact) mass is 690 g/mol. The van der Waals surface area contributed by atoms with Crippen molar-refractivity contribution in [2.45, 2.75) is 49.4 Å². The summed E-state index contributed by atoms with van der Waals surface area (Å²) in [7, 11) is 1.57. The summed E-state index contributed by atoms with van der Waals surface area (Å²) in [6.07, 6.45) is 0. The van der Waals surface area contributed by atoms with Crippen LogP contribution in [0.4, 0.5) is 5.13 Å².